The van der Waals surface area contributed by atoms with Gasteiger partial charge in [-0.15, -0.1) is 11.8 Å². The van der Waals surface area contributed by atoms with Crippen LogP contribution in [0, 0.1) is 0 Å². The molecule has 0 unspecified atom stereocenters. The van der Waals surface area contributed by atoms with Crippen LogP contribution in [0.5, 0.6) is 0 Å². The van der Waals surface area contributed by atoms with Gasteiger partial charge in [0.15, 0.2) is 8.32 Å². The maximum atomic E-state index is 6.13. The zero-order chi connectivity index (χ0) is 14.1. The van der Waals surface area contributed by atoms with Crippen molar-refractivity contribution in [2.45, 2.75) is 56.6 Å². The number of benzene rings is 1. The van der Waals surface area contributed by atoms with Crippen LogP contribution in [0.2, 0.25) is 19.1 Å². The molecule has 0 radical (unpaired) electrons. The highest BCUT2D eigenvalue weighted by Crippen LogP contribution is 2.17. The molecular formula is C16H28OSSi. The molecule has 19 heavy (non-hydrogen) atoms. The standard InChI is InChI=1S/C16H28OSSi/c1-5-6-14-19(3,4)17-13-7-8-15-9-11-16(18-2)12-10-15/h9-12H,5-8,13-14H2,1-4H3. The largest absolute Gasteiger partial charge is 0.417 e. The Balaban J connectivity index is 2.22. The fourth-order valence-corrected chi connectivity index (χ4v) is 4.55. The molecule has 1 aromatic rings. The third kappa shape index (κ3) is 7.19. The third-order valence-corrected chi connectivity index (χ3v) is 6.68. The maximum Gasteiger partial charge on any atom is 0.186 e. The van der Waals surface area contributed by atoms with Crippen molar-refractivity contribution in [1.29, 1.82) is 0 Å². The van der Waals surface area contributed by atoms with Crippen LogP contribution in [0.4, 0.5) is 0 Å². The summed E-state index contributed by atoms with van der Waals surface area (Å²) in [5, 5.41) is 0. The van der Waals surface area contributed by atoms with E-state index in [9.17, 15) is 0 Å². The summed E-state index contributed by atoms with van der Waals surface area (Å²) in [6.45, 7) is 7.86. The van der Waals surface area contributed by atoms with E-state index < -0.39 is 8.32 Å². The van der Waals surface area contributed by atoms with Crippen molar-refractivity contribution >= 4 is 20.1 Å². The minimum atomic E-state index is -1.38. The van der Waals surface area contributed by atoms with E-state index in [1.165, 1.54) is 29.3 Å². The Morgan fingerprint density at radius 1 is 1.11 bits per heavy atom. The lowest BCUT2D eigenvalue weighted by Crippen LogP contribution is -2.30. The molecule has 1 nitrogen and oxygen atoms in total. The zero-order valence-corrected chi connectivity index (χ0v) is 14.7. The van der Waals surface area contributed by atoms with Crippen molar-refractivity contribution in [3.05, 3.63) is 29.8 Å². The van der Waals surface area contributed by atoms with Crippen molar-refractivity contribution in [1.82, 2.24) is 0 Å². The summed E-state index contributed by atoms with van der Waals surface area (Å²) >= 11 is 1.80. The zero-order valence-electron chi connectivity index (χ0n) is 12.9. The highest BCUT2D eigenvalue weighted by Gasteiger charge is 2.20. The molecule has 0 aromatic heterocycles. The van der Waals surface area contributed by atoms with Gasteiger partial charge in [0.1, 0.15) is 0 Å². The second-order valence-electron chi connectivity index (χ2n) is 5.66. The molecule has 0 bridgehead atoms. The van der Waals surface area contributed by atoms with E-state index in [0.29, 0.717) is 0 Å². The Morgan fingerprint density at radius 3 is 2.37 bits per heavy atom. The van der Waals surface area contributed by atoms with Crippen LogP contribution in [0.3, 0.4) is 0 Å². The minimum Gasteiger partial charge on any atom is -0.417 e. The summed E-state index contributed by atoms with van der Waals surface area (Å²) in [6, 6.07) is 10.2. The average molecular weight is 297 g/mol. The number of rotatable bonds is 9. The van der Waals surface area contributed by atoms with Crippen LogP contribution in [-0.4, -0.2) is 21.2 Å². The molecule has 0 spiro atoms. The monoisotopic (exact) mass is 296 g/mol. The number of unbranched alkanes of at least 4 members (excludes halogenated alkanes) is 1. The van der Waals surface area contributed by atoms with Crippen molar-refractivity contribution in [2.24, 2.45) is 0 Å². The fourth-order valence-electron chi connectivity index (χ4n) is 2.09. The van der Waals surface area contributed by atoms with Gasteiger partial charge < -0.3 is 4.43 Å². The van der Waals surface area contributed by atoms with Crippen molar-refractivity contribution in [3.8, 4) is 0 Å². The molecule has 0 saturated carbocycles. The van der Waals surface area contributed by atoms with Crippen molar-refractivity contribution < 1.29 is 4.43 Å². The van der Waals surface area contributed by atoms with E-state index in [2.05, 4.69) is 50.5 Å². The van der Waals surface area contributed by atoms with Gasteiger partial charge >= 0.3 is 0 Å². The number of aryl methyl sites for hydroxylation is 1. The molecule has 0 heterocycles. The molecule has 1 aromatic carbocycles. The van der Waals surface area contributed by atoms with E-state index in [1.54, 1.807) is 11.8 Å². The number of hydrogen-bond donors (Lipinski definition) is 0. The van der Waals surface area contributed by atoms with Crippen molar-refractivity contribution in [3.63, 3.8) is 0 Å². The second kappa shape index (κ2) is 8.83. The molecule has 0 fully saturated rings. The SMILES string of the molecule is CCCC[Si](C)(C)OCCCc1ccc(SC)cc1. The normalized spacial score (nSPS) is 11.8. The predicted molar refractivity (Wildman–Crippen MR) is 89.7 cm³/mol. The lowest BCUT2D eigenvalue weighted by molar-refractivity contribution is 0.299. The van der Waals surface area contributed by atoms with Gasteiger partial charge in [0.2, 0.25) is 0 Å². The minimum absolute atomic E-state index is 0.924. The van der Waals surface area contributed by atoms with Gasteiger partial charge in [-0.2, -0.15) is 0 Å². The van der Waals surface area contributed by atoms with Crippen LogP contribution in [0.15, 0.2) is 29.2 Å². The van der Waals surface area contributed by atoms with Gasteiger partial charge in [0.05, 0.1) is 0 Å². The van der Waals surface area contributed by atoms with Crippen molar-refractivity contribution in [2.75, 3.05) is 12.9 Å². The number of thioether (sulfide) groups is 1. The van der Waals surface area contributed by atoms with E-state index in [1.807, 2.05) is 0 Å². The van der Waals surface area contributed by atoms with Gasteiger partial charge in [0.25, 0.3) is 0 Å². The van der Waals surface area contributed by atoms with Gasteiger partial charge in [0, 0.05) is 11.5 Å². The summed E-state index contributed by atoms with van der Waals surface area (Å²) < 4.78 is 6.13. The lowest BCUT2D eigenvalue weighted by Gasteiger charge is -2.22. The molecule has 0 N–H and O–H groups in total. The fraction of sp³-hybridized carbons (Fsp3) is 0.625. The Bertz CT molecular complexity index is 348. The van der Waals surface area contributed by atoms with Crippen LogP contribution in [-0.2, 0) is 10.8 Å². The lowest BCUT2D eigenvalue weighted by atomic mass is 10.1. The first kappa shape index (κ1) is 16.8. The quantitative estimate of drug-likeness (QED) is 0.344. The molecule has 0 aliphatic rings. The van der Waals surface area contributed by atoms with Crippen LogP contribution in [0.25, 0.3) is 0 Å². The first-order valence-corrected chi connectivity index (χ1v) is 11.7. The first-order valence-electron chi connectivity index (χ1n) is 7.34. The highest BCUT2D eigenvalue weighted by atomic mass is 32.2. The van der Waals surface area contributed by atoms with Crippen LogP contribution < -0.4 is 0 Å². The molecule has 0 saturated heterocycles. The third-order valence-electron chi connectivity index (χ3n) is 3.39. The van der Waals surface area contributed by atoms with E-state index in [4.69, 9.17) is 4.43 Å². The topological polar surface area (TPSA) is 9.23 Å². The second-order valence-corrected chi connectivity index (χ2v) is 10.9. The summed E-state index contributed by atoms with van der Waals surface area (Å²) in [4.78, 5) is 1.34. The van der Waals surface area contributed by atoms with Gasteiger partial charge in [-0.3, -0.25) is 0 Å². The maximum absolute atomic E-state index is 6.13. The molecule has 3 heteroatoms. The predicted octanol–water partition coefficient (Wildman–Crippen LogP) is 5.36. The van der Waals surface area contributed by atoms with E-state index >= 15 is 0 Å². The smallest absolute Gasteiger partial charge is 0.186 e. The van der Waals surface area contributed by atoms with Gasteiger partial charge in [-0.05, 0) is 55.9 Å². The summed E-state index contributed by atoms with van der Waals surface area (Å²) in [5.41, 5.74) is 1.43. The first-order chi connectivity index (χ1) is 9.07. The Kier molecular flexibility index (Phi) is 7.80. The molecule has 0 aliphatic heterocycles. The van der Waals surface area contributed by atoms with E-state index in [0.717, 1.165) is 19.4 Å². The van der Waals surface area contributed by atoms with Gasteiger partial charge in [-0.25, -0.2) is 0 Å². The summed E-state index contributed by atoms with van der Waals surface area (Å²) in [6.07, 6.45) is 6.98. The van der Waals surface area contributed by atoms with E-state index in [-0.39, 0.29) is 0 Å². The molecule has 0 amide bonds. The summed E-state index contributed by atoms with van der Waals surface area (Å²) in [5.74, 6) is 0. The average Bonchev–Trinajstić information content (AvgIpc) is 2.42. The molecule has 0 atom stereocenters. The molecule has 1 rings (SSSR count). The molecular weight excluding hydrogens is 268 g/mol. The highest BCUT2D eigenvalue weighted by molar-refractivity contribution is 7.98. The van der Waals surface area contributed by atoms with Gasteiger partial charge in [-0.1, -0.05) is 31.9 Å². The Labute approximate surface area is 124 Å². The molecule has 0 aliphatic carbocycles. The Hall–Kier alpha value is -0.253. The Morgan fingerprint density at radius 2 is 1.79 bits per heavy atom. The number of hydrogen-bond acceptors (Lipinski definition) is 2. The summed E-state index contributed by atoms with van der Waals surface area (Å²) in [7, 11) is -1.38. The molecule has 108 valence electrons. The van der Waals surface area contributed by atoms with Crippen LogP contribution >= 0.6 is 11.8 Å². The van der Waals surface area contributed by atoms with Crippen LogP contribution in [0.1, 0.15) is 31.7 Å².